The predicted molar refractivity (Wildman–Crippen MR) is 58.1 cm³/mol. The first kappa shape index (κ1) is 12.2. The van der Waals surface area contributed by atoms with Crippen molar-refractivity contribution in [3.63, 3.8) is 0 Å². The van der Waals surface area contributed by atoms with E-state index in [9.17, 15) is 8.42 Å². The standard InChI is InChI=1S/C10H15NO3S/c1-9(14-2)8-11-15(12,13)10-6-4-3-5-7-10/h3-7,9,11H,8H2,1-2H3. The van der Waals surface area contributed by atoms with E-state index in [1.54, 1.807) is 44.4 Å². The Morgan fingerprint density at radius 2 is 1.93 bits per heavy atom. The molecule has 4 nitrogen and oxygen atoms in total. The van der Waals surface area contributed by atoms with E-state index in [0.717, 1.165) is 0 Å². The lowest BCUT2D eigenvalue weighted by Gasteiger charge is -2.11. The molecule has 0 saturated carbocycles. The Morgan fingerprint density at radius 3 is 2.47 bits per heavy atom. The highest BCUT2D eigenvalue weighted by Crippen LogP contribution is 2.06. The molecule has 0 aliphatic carbocycles. The molecule has 0 fully saturated rings. The molecule has 0 amide bonds. The number of methoxy groups -OCH3 is 1. The van der Waals surface area contributed by atoms with E-state index < -0.39 is 10.0 Å². The fourth-order valence-corrected chi connectivity index (χ4v) is 2.13. The molecule has 0 saturated heterocycles. The molecular weight excluding hydrogens is 214 g/mol. The summed E-state index contributed by atoms with van der Waals surface area (Å²) in [7, 11) is -1.85. The van der Waals surface area contributed by atoms with Crippen molar-refractivity contribution >= 4 is 10.0 Å². The van der Waals surface area contributed by atoms with Crippen molar-refractivity contribution < 1.29 is 13.2 Å². The molecule has 1 aromatic rings. The largest absolute Gasteiger partial charge is 0.380 e. The van der Waals surface area contributed by atoms with E-state index in [0.29, 0.717) is 0 Å². The highest BCUT2D eigenvalue weighted by Gasteiger charge is 2.13. The molecule has 15 heavy (non-hydrogen) atoms. The van der Waals surface area contributed by atoms with Gasteiger partial charge < -0.3 is 4.74 Å². The fourth-order valence-electron chi connectivity index (χ4n) is 0.993. The fraction of sp³-hybridized carbons (Fsp3) is 0.400. The van der Waals surface area contributed by atoms with Crippen LogP contribution in [0.1, 0.15) is 6.92 Å². The van der Waals surface area contributed by atoms with Gasteiger partial charge in [-0.25, -0.2) is 13.1 Å². The van der Waals surface area contributed by atoms with Crippen molar-refractivity contribution in [1.82, 2.24) is 4.72 Å². The Bertz CT molecular complexity index is 388. The molecule has 1 unspecified atom stereocenters. The summed E-state index contributed by atoms with van der Waals surface area (Å²) in [4.78, 5) is 0.272. The maximum Gasteiger partial charge on any atom is 0.240 e. The molecule has 1 aromatic carbocycles. The number of hydrogen-bond acceptors (Lipinski definition) is 3. The Kier molecular flexibility index (Phi) is 4.26. The van der Waals surface area contributed by atoms with Crippen LogP contribution in [-0.2, 0) is 14.8 Å². The van der Waals surface area contributed by atoms with Crippen LogP contribution in [0.2, 0.25) is 0 Å². The highest BCUT2D eigenvalue weighted by atomic mass is 32.2. The summed E-state index contributed by atoms with van der Waals surface area (Å²) in [6, 6.07) is 8.26. The SMILES string of the molecule is COC(C)CNS(=O)(=O)c1ccccc1. The number of nitrogens with one attached hydrogen (secondary N) is 1. The minimum atomic E-state index is -3.40. The Morgan fingerprint density at radius 1 is 1.33 bits per heavy atom. The third-order valence-electron chi connectivity index (χ3n) is 2.02. The average molecular weight is 229 g/mol. The van der Waals surface area contributed by atoms with Gasteiger partial charge in [0.25, 0.3) is 0 Å². The third-order valence-corrected chi connectivity index (χ3v) is 3.46. The minimum absolute atomic E-state index is 0.136. The van der Waals surface area contributed by atoms with Gasteiger partial charge >= 0.3 is 0 Å². The number of benzene rings is 1. The van der Waals surface area contributed by atoms with Crippen LogP contribution < -0.4 is 4.72 Å². The molecule has 1 N–H and O–H groups in total. The Hall–Kier alpha value is -0.910. The van der Waals surface area contributed by atoms with E-state index in [2.05, 4.69) is 4.72 Å². The molecule has 5 heteroatoms. The van der Waals surface area contributed by atoms with Gasteiger partial charge in [0, 0.05) is 13.7 Å². The van der Waals surface area contributed by atoms with Crippen molar-refractivity contribution in [2.75, 3.05) is 13.7 Å². The molecular formula is C10H15NO3S. The first-order valence-electron chi connectivity index (χ1n) is 4.64. The van der Waals surface area contributed by atoms with Crippen LogP contribution in [-0.4, -0.2) is 28.2 Å². The summed E-state index contributed by atoms with van der Waals surface area (Å²) in [6.07, 6.45) is -0.136. The van der Waals surface area contributed by atoms with Gasteiger partial charge in [0.15, 0.2) is 0 Å². The maximum absolute atomic E-state index is 11.7. The van der Waals surface area contributed by atoms with Gasteiger partial charge in [-0.05, 0) is 19.1 Å². The first-order valence-corrected chi connectivity index (χ1v) is 6.12. The van der Waals surface area contributed by atoms with Crippen LogP contribution in [0, 0.1) is 0 Å². The second kappa shape index (κ2) is 5.25. The highest BCUT2D eigenvalue weighted by molar-refractivity contribution is 7.89. The number of ether oxygens (including phenoxy) is 1. The topological polar surface area (TPSA) is 55.4 Å². The normalized spacial score (nSPS) is 13.7. The van der Waals surface area contributed by atoms with Crippen molar-refractivity contribution in [1.29, 1.82) is 0 Å². The quantitative estimate of drug-likeness (QED) is 0.819. The lowest BCUT2D eigenvalue weighted by Crippen LogP contribution is -2.31. The summed E-state index contributed by atoms with van der Waals surface area (Å²) in [6.45, 7) is 2.07. The van der Waals surface area contributed by atoms with Gasteiger partial charge in [0.05, 0.1) is 11.0 Å². The summed E-state index contributed by atoms with van der Waals surface area (Å²) in [5.41, 5.74) is 0. The molecule has 0 aliphatic rings. The van der Waals surface area contributed by atoms with Crippen LogP contribution in [0.15, 0.2) is 35.2 Å². The zero-order valence-corrected chi connectivity index (χ0v) is 9.62. The number of rotatable bonds is 5. The van der Waals surface area contributed by atoms with Crippen LogP contribution >= 0.6 is 0 Å². The molecule has 0 aliphatic heterocycles. The molecule has 0 aromatic heterocycles. The second-order valence-electron chi connectivity index (χ2n) is 3.21. The molecule has 0 bridgehead atoms. The first-order chi connectivity index (χ1) is 7.06. The van der Waals surface area contributed by atoms with Crippen molar-refractivity contribution in [3.8, 4) is 0 Å². The second-order valence-corrected chi connectivity index (χ2v) is 4.98. The zero-order valence-electron chi connectivity index (χ0n) is 8.80. The molecule has 1 atom stereocenters. The molecule has 0 radical (unpaired) electrons. The lowest BCUT2D eigenvalue weighted by atomic mass is 10.4. The predicted octanol–water partition coefficient (Wildman–Crippen LogP) is 1.000. The van der Waals surface area contributed by atoms with E-state index >= 15 is 0 Å². The van der Waals surface area contributed by atoms with Crippen LogP contribution in [0.3, 0.4) is 0 Å². The van der Waals surface area contributed by atoms with Crippen molar-refractivity contribution in [2.45, 2.75) is 17.9 Å². The monoisotopic (exact) mass is 229 g/mol. The van der Waals surface area contributed by atoms with E-state index in [1.165, 1.54) is 0 Å². The van der Waals surface area contributed by atoms with Gasteiger partial charge in [-0.2, -0.15) is 0 Å². The van der Waals surface area contributed by atoms with E-state index in [1.807, 2.05) is 0 Å². The minimum Gasteiger partial charge on any atom is -0.380 e. The summed E-state index contributed by atoms with van der Waals surface area (Å²) in [5.74, 6) is 0. The molecule has 0 spiro atoms. The van der Waals surface area contributed by atoms with Crippen LogP contribution in [0.4, 0.5) is 0 Å². The lowest BCUT2D eigenvalue weighted by molar-refractivity contribution is 0.122. The van der Waals surface area contributed by atoms with Gasteiger partial charge in [-0.15, -0.1) is 0 Å². The van der Waals surface area contributed by atoms with Crippen molar-refractivity contribution in [3.05, 3.63) is 30.3 Å². The molecule has 1 rings (SSSR count). The number of sulfonamides is 1. The van der Waals surface area contributed by atoms with Crippen LogP contribution in [0.25, 0.3) is 0 Å². The van der Waals surface area contributed by atoms with Crippen molar-refractivity contribution in [2.24, 2.45) is 0 Å². The van der Waals surface area contributed by atoms with E-state index in [4.69, 9.17) is 4.74 Å². The van der Waals surface area contributed by atoms with Gasteiger partial charge in [0.2, 0.25) is 10.0 Å². The zero-order chi connectivity index (χ0) is 11.3. The maximum atomic E-state index is 11.7. The Labute approximate surface area is 90.3 Å². The number of hydrogen-bond donors (Lipinski definition) is 1. The van der Waals surface area contributed by atoms with Crippen LogP contribution in [0.5, 0.6) is 0 Å². The Balaban J connectivity index is 2.69. The summed E-state index contributed by atoms with van der Waals surface area (Å²) >= 11 is 0. The third kappa shape index (κ3) is 3.62. The summed E-state index contributed by atoms with van der Waals surface area (Å²) in [5, 5.41) is 0. The van der Waals surface area contributed by atoms with E-state index in [-0.39, 0.29) is 17.5 Å². The smallest absolute Gasteiger partial charge is 0.240 e. The van der Waals surface area contributed by atoms with Gasteiger partial charge in [-0.1, -0.05) is 18.2 Å². The van der Waals surface area contributed by atoms with Gasteiger partial charge in [-0.3, -0.25) is 0 Å². The summed E-state index contributed by atoms with van der Waals surface area (Å²) < 4.78 is 30.8. The molecule has 0 heterocycles. The van der Waals surface area contributed by atoms with Gasteiger partial charge in [0.1, 0.15) is 0 Å². The average Bonchev–Trinajstić information content (AvgIpc) is 2.27. The molecule has 84 valence electrons.